The van der Waals surface area contributed by atoms with Crippen LogP contribution in [0, 0.1) is 5.82 Å². The number of carbonyl (C=O) groups excluding carboxylic acids is 3. The van der Waals surface area contributed by atoms with Gasteiger partial charge in [-0.15, -0.1) is 0 Å². The molecule has 0 aliphatic carbocycles. The zero-order valence-corrected chi connectivity index (χ0v) is 18.5. The smallest absolute Gasteiger partial charge is 0.305 e. The van der Waals surface area contributed by atoms with Crippen LogP contribution in [0.5, 0.6) is 0 Å². The fourth-order valence-electron chi connectivity index (χ4n) is 3.48. The number of anilines is 2. The summed E-state index contributed by atoms with van der Waals surface area (Å²) in [5, 5.41) is 11.5. The van der Waals surface area contributed by atoms with Gasteiger partial charge in [-0.3, -0.25) is 29.0 Å². The molecular weight excluding hydrogens is 469 g/mol. The minimum atomic E-state index is -1.07. The van der Waals surface area contributed by atoms with Gasteiger partial charge in [0.05, 0.1) is 22.6 Å². The molecule has 2 N–H and O–H groups in total. The molecule has 2 aromatic carbocycles. The maximum absolute atomic E-state index is 13.3. The number of amides is 3. The number of fused-ring (bicyclic) bond motifs is 1. The monoisotopic (exact) mass is 485 g/mol. The summed E-state index contributed by atoms with van der Waals surface area (Å²) in [5.74, 6) is -3.09. The molecule has 8 nitrogen and oxygen atoms in total. The van der Waals surface area contributed by atoms with Gasteiger partial charge in [0, 0.05) is 17.8 Å². The number of hydrogen-bond donors (Lipinski definition) is 2. The zero-order chi connectivity index (χ0) is 23.7. The molecule has 2 aliphatic heterocycles. The number of carbonyl (C=O) groups is 4. The maximum Gasteiger partial charge on any atom is 0.305 e. The Morgan fingerprint density at radius 2 is 1.73 bits per heavy atom. The molecule has 0 spiro atoms. The summed E-state index contributed by atoms with van der Waals surface area (Å²) in [7, 11) is 0. The Morgan fingerprint density at radius 3 is 2.42 bits per heavy atom. The highest BCUT2D eigenvalue weighted by atomic mass is 32.2. The first kappa shape index (κ1) is 22.6. The van der Waals surface area contributed by atoms with Crippen LogP contribution in [-0.4, -0.2) is 51.1 Å². The molecule has 2 aromatic rings. The second-order valence-electron chi connectivity index (χ2n) is 7.14. The molecule has 1 fully saturated rings. The maximum atomic E-state index is 13.3. The fraction of sp³-hybridized carbons (Fsp3) is 0.136. The Morgan fingerprint density at radius 1 is 1.03 bits per heavy atom. The highest BCUT2D eigenvalue weighted by Gasteiger charge is 2.42. The summed E-state index contributed by atoms with van der Waals surface area (Å²) in [4.78, 5) is 52.3. The Bertz CT molecular complexity index is 1230. The van der Waals surface area contributed by atoms with Crippen LogP contribution in [0.3, 0.4) is 0 Å². The minimum Gasteiger partial charge on any atom is -0.481 e. The standard InChI is InChI=1S/C22H16FN3O5S2/c23-12-5-7-13(8-6-12)24-16(27)11-26-15-4-2-1-3-14(15)18(20(26)30)19-21(31)25(22(32)33-19)10-9-17(28)29/h1-8H,9-11H2,(H,24,27)(H,28,29). The van der Waals surface area contributed by atoms with Gasteiger partial charge in [-0.05, 0) is 30.3 Å². The molecule has 2 aliphatic rings. The molecule has 168 valence electrons. The van der Waals surface area contributed by atoms with Crippen LogP contribution in [0.25, 0.3) is 5.57 Å². The largest absolute Gasteiger partial charge is 0.481 e. The first-order chi connectivity index (χ1) is 15.8. The molecule has 0 radical (unpaired) electrons. The quantitative estimate of drug-likeness (QED) is 0.479. The average Bonchev–Trinajstić information content (AvgIpc) is 3.20. The van der Waals surface area contributed by atoms with Gasteiger partial charge in [0.25, 0.3) is 11.8 Å². The number of nitrogens with zero attached hydrogens (tertiary/aromatic N) is 2. The lowest BCUT2D eigenvalue weighted by Crippen LogP contribution is -2.35. The Balaban J connectivity index is 1.61. The Hall–Kier alpha value is -3.57. The fourth-order valence-corrected chi connectivity index (χ4v) is 4.86. The van der Waals surface area contributed by atoms with Gasteiger partial charge in [0.15, 0.2) is 0 Å². The summed E-state index contributed by atoms with van der Waals surface area (Å²) in [6, 6.07) is 12.0. The number of thiocarbonyl (C=S) groups is 1. The number of nitrogens with one attached hydrogen (secondary N) is 1. The molecule has 1 saturated heterocycles. The van der Waals surface area contributed by atoms with Crippen LogP contribution in [0.2, 0.25) is 0 Å². The molecule has 0 saturated carbocycles. The van der Waals surface area contributed by atoms with Crippen molar-refractivity contribution in [3.05, 3.63) is 64.8 Å². The number of carboxylic acid groups (broad SMARTS) is 1. The van der Waals surface area contributed by atoms with Crippen LogP contribution in [0.15, 0.2) is 53.4 Å². The van der Waals surface area contributed by atoms with Crippen molar-refractivity contribution in [2.24, 2.45) is 0 Å². The average molecular weight is 486 g/mol. The van der Waals surface area contributed by atoms with Crippen molar-refractivity contribution in [3.8, 4) is 0 Å². The number of para-hydroxylation sites is 1. The number of rotatable bonds is 6. The first-order valence-corrected chi connectivity index (χ1v) is 10.9. The molecule has 33 heavy (non-hydrogen) atoms. The van der Waals surface area contributed by atoms with Crippen molar-refractivity contribution in [2.75, 3.05) is 23.3 Å². The molecule has 3 amide bonds. The lowest BCUT2D eigenvalue weighted by molar-refractivity contribution is -0.137. The number of hydrogen-bond acceptors (Lipinski definition) is 6. The van der Waals surface area contributed by atoms with Crippen molar-refractivity contribution in [1.82, 2.24) is 4.90 Å². The number of halogens is 1. The van der Waals surface area contributed by atoms with E-state index < -0.39 is 29.5 Å². The van der Waals surface area contributed by atoms with Crippen LogP contribution < -0.4 is 10.2 Å². The normalized spacial score (nSPS) is 17.5. The van der Waals surface area contributed by atoms with Crippen molar-refractivity contribution >= 4 is 68.9 Å². The van der Waals surface area contributed by atoms with Gasteiger partial charge in [0.1, 0.15) is 16.7 Å². The molecule has 0 atom stereocenters. The van der Waals surface area contributed by atoms with E-state index in [1.165, 1.54) is 29.2 Å². The van der Waals surface area contributed by atoms with E-state index in [0.29, 0.717) is 16.9 Å². The second-order valence-corrected chi connectivity index (χ2v) is 8.78. The molecule has 2 heterocycles. The number of thioether (sulfide) groups is 1. The van der Waals surface area contributed by atoms with E-state index in [1.54, 1.807) is 24.3 Å². The Labute approximate surface area is 197 Å². The highest BCUT2D eigenvalue weighted by molar-refractivity contribution is 8.26. The number of benzene rings is 2. The Kier molecular flexibility index (Phi) is 6.25. The van der Waals surface area contributed by atoms with E-state index in [2.05, 4.69) is 5.32 Å². The highest BCUT2D eigenvalue weighted by Crippen LogP contribution is 2.44. The van der Waals surface area contributed by atoms with Gasteiger partial charge >= 0.3 is 5.97 Å². The zero-order valence-electron chi connectivity index (χ0n) is 16.9. The van der Waals surface area contributed by atoms with Crippen LogP contribution in [-0.2, 0) is 19.2 Å². The van der Waals surface area contributed by atoms with Crippen LogP contribution in [0.4, 0.5) is 15.8 Å². The second kappa shape index (κ2) is 9.12. The lowest BCUT2D eigenvalue weighted by Gasteiger charge is -2.16. The van der Waals surface area contributed by atoms with Crippen LogP contribution in [0.1, 0.15) is 12.0 Å². The van der Waals surface area contributed by atoms with Gasteiger partial charge < -0.3 is 10.4 Å². The van der Waals surface area contributed by atoms with Gasteiger partial charge in [-0.2, -0.15) is 0 Å². The lowest BCUT2D eigenvalue weighted by atomic mass is 10.1. The van der Waals surface area contributed by atoms with E-state index in [9.17, 15) is 23.6 Å². The SMILES string of the molecule is O=C(O)CCN1C(=O)C(=C2C(=O)N(CC(=O)Nc3ccc(F)cc3)c3ccccc32)SC1=S. The van der Waals surface area contributed by atoms with E-state index in [4.69, 9.17) is 17.3 Å². The van der Waals surface area contributed by atoms with Crippen molar-refractivity contribution in [2.45, 2.75) is 6.42 Å². The van der Waals surface area contributed by atoms with Gasteiger partial charge in [0.2, 0.25) is 5.91 Å². The van der Waals surface area contributed by atoms with E-state index in [-0.39, 0.29) is 34.3 Å². The van der Waals surface area contributed by atoms with E-state index >= 15 is 0 Å². The third-order valence-corrected chi connectivity index (χ3v) is 6.43. The molecule has 4 rings (SSSR count). The summed E-state index contributed by atoms with van der Waals surface area (Å²) in [6.45, 7) is -0.424. The van der Waals surface area contributed by atoms with Gasteiger partial charge in [-0.1, -0.05) is 42.2 Å². The number of aliphatic carboxylic acids is 1. The van der Waals surface area contributed by atoms with E-state index in [0.717, 1.165) is 16.7 Å². The van der Waals surface area contributed by atoms with Crippen molar-refractivity contribution in [3.63, 3.8) is 0 Å². The summed E-state index contributed by atoms with van der Waals surface area (Å²) >= 11 is 6.16. The predicted molar refractivity (Wildman–Crippen MR) is 125 cm³/mol. The third-order valence-electron chi connectivity index (χ3n) is 4.98. The molecule has 11 heteroatoms. The number of carboxylic acids is 1. The van der Waals surface area contributed by atoms with Crippen molar-refractivity contribution < 1.29 is 28.7 Å². The van der Waals surface area contributed by atoms with Crippen LogP contribution >= 0.6 is 24.0 Å². The molecule has 0 aromatic heterocycles. The molecule has 0 bridgehead atoms. The van der Waals surface area contributed by atoms with E-state index in [1.807, 2.05) is 0 Å². The predicted octanol–water partition coefficient (Wildman–Crippen LogP) is 2.86. The summed E-state index contributed by atoms with van der Waals surface area (Å²) in [6.07, 6.45) is -0.282. The first-order valence-electron chi connectivity index (χ1n) is 9.72. The van der Waals surface area contributed by atoms with Crippen molar-refractivity contribution in [1.29, 1.82) is 0 Å². The molecule has 0 unspecified atom stereocenters. The molecular formula is C22H16FN3O5S2. The summed E-state index contributed by atoms with van der Waals surface area (Å²) < 4.78 is 13.3. The third kappa shape index (κ3) is 4.50. The topological polar surface area (TPSA) is 107 Å². The summed E-state index contributed by atoms with van der Waals surface area (Å²) in [5.41, 5.74) is 1.44. The van der Waals surface area contributed by atoms with Gasteiger partial charge in [-0.25, -0.2) is 4.39 Å². The minimum absolute atomic E-state index is 0.101.